The highest BCUT2D eigenvalue weighted by molar-refractivity contribution is 6.30. The van der Waals surface area contributed by atoms with Crippen LogP contribution in [0.2, 0.25) is 0 Å². The van der Waals surface area contributed by atoms with Gasteiger partial charge in [-0.3, -0.25) is 0 Å². The molecule has 0 fully saturated rings. The lowest BCUT2D eigenvalue weighted by Gasteiger charge is -2.33. The van der Waals surface area contributed by atoms with Crippen LogP contribution >= 0.6 is 0 Å². The number of nitrogens with zero attached hydrogens (tertiary/aromatic N) is 2. The molecule has 0 N–H and O–H groups in total. The SMILES string of the molecule is Cc1cc(C)cc(N(c2cc(N(c3ccc(C(C)(C)C)cc3)c3cccc4c3oc3ccccc34)c3ccc4cc(-c5ccccc5)cc5ccc2c3c45)c2cccc3c2oc2ccccc23)c1. The van der Waals surface area contributed by atoms with Crippen LogP contribution < -0.4 is 9.80 Å². The Bertz CT molecular complexity index is 4060. The van der Waals surface area contributed by atoms with E-state index in [-0.39, 0.29) is 5.41 Å². The van der Waals surface area contributed by atoms with Crippen molar-refractivity contribution in [1.82, 2.24) is 0 Å². The molecule has 0 saturated carbocycles. The van der Waals surface area contributed by atoms with Gasteiger partial charge in [0, 0.05) is 49.1 Å². The fourth-order valence-electron chi connectivity index (χ4n) is 10.9. The van der Waals surface area contributed by atoms with Crippen LogP contribution in [0, 0.1) is 13.8 Å². The predicted molar refractivity (Wildman–Crippen MR) is 288 cm³/mol. The van der Waals surface area contributed by atoms with Crippen LogP contribution in [0.15, 0.2) is 209 Å². The molecule has 13 rings (SSSR count). The van der Waals surface area contributed by atoms with Crippen LogP contribution in [0.25, 0.3) is 87.3 Å². The maximum Gasteiger partial charge on any atom is 0.159 e. The van der Waals surface area contributed by atoms with E-state index >= 15 is 0 Å². The summed E-state index contributed by atoms with van der Waals surface area (Å²) in [5, 5.41) is 11.5. The van der Waals surface area contributed by atoms with Crippen molar-refractivity contribution in [3.63, 3.8) is 0 Å². The summed E-state index contributed by atoms with van der Waals surface area (Å²) in [6, 6.07) is 73.0. The molecule has 4 heteroatoms. The molecule has 0 aliphatic heterocycles. The normalized spacial score (nSPS) is 12.2. The van der Waals surface area contributed by atoms with Crippen LogP contribution in [0.1, 0.15) is 37.5 Å². The molecular formula is C64H48N2O2. The third-order valence-electron chi connectivity index (χ3n) is 14.0. The van der Waals surface area contributed by atoms with Crippen molar-refractivity contribution in [2.45, 2.75) is 40.0 Å². The van der Waals surface area contributed by atoms with E-state index in [0.717, 1.165) is 88.8 Å². The van der Waals surface area contributed by atoms with E-state index in [2.05, 4.69) is 232 Å². The summed E-state index contributed by atoms with van der Waals surface area (Å²) in [4.78, 5) is 4.88. The third-order valence-corrected chi connectivity index (χ3v) is 14.0. The molecule has 0 radical (unpaired) electrons. The Balaban J connectivity index is 1.19. The van der Waals surface area contributed by atoms with Gasteiger partial charge >= 0.3 is 0 Å². The molecule has 13 aromatic rings. The van der Waals surface area contributed by atoms with Gasteiger partial charge in [0.15, 0.2) is 11.2 Å². The Hall–Kier alpha value is -8.34. The molecule has 2 aromatic heterocycles. The Labute approximate surface area is 395 Å². The first-order valence-corrected chi connectivity index (χ1v) is 23.6. The lowest BCUT2D eigenvalue weighted by molar-refractivity contribution is 0.590. The van der Waals surface area contributed by atoms with Gasteiger partial charge in [0.25, 0.3) is 0 Å². The monoisotopic (exact) mass is 876 g/mol. The minimum atomic E-state index is -0.0228. The standard InChI is InChI=1S/C64H48N2O2/c1-39-33-40(2)35-47(34-39)66(55-22-14-20-51-49-18-10-12-24-59(49)68-63(51)55)57-38-56(52-31-25-42-36-44(41-15-7-6-8-16-41)37-43-26-32-53(57)61(52)60(42)43)65(46-29-27-45(28-30-46)64(3,4)5)54-21-13-19-50-48-17-9-11-23-58(48)67-62(50)54/h6-38H,1-5H3. The zero-order valence-corrected chi connectivity index (χ0v) is 38.8. The van der Waals surface area contributed by atoms with E-state index < -0.39 is 0 Å². The summed E-state index contributed by atoms with van der Waals surface area (Å²) in [5.41, 5.74) is 15.5. The molecule has 0 spiro atoms. The van der Waals surface area contributed by atoms with Crippen LogP contribution in [-0.4, -0.2) is 0 Å². The number of hydrogen-bond donors (Lipinski definition) is 0. The molecule has 2 heterocycles. The predicted octanol–water partition coefficient (Wildman–Crippen LogP) is 18.9. The van der Waals surface area contributed by atoms with E-state index in [1.54, 1.807) is 0 Å². The molecule has 0 saturated heterocycles. The summed E-state index contributed by atoms with van der Waals surface area (Å²) in [7, 11) is 0. The fraction of sp³-hybridized carbons (Fsp3) is 0.0938. The Kier molecular flexibility index (Phi) is 8.88. The number of fused-ring (bicyclic) bond motifs is 6. The average Bonchev–Trinajstić information content (AvgIpc) is 3.93. The van der Waals surface area contributed by atoms with Crippen molar-refractivity contribution in [3.8, 4) is 11.1 Å². The quantitative estimate of drug-likeness (QED) is 0.149. The fourth-order valence-corrected chi connectivity index (χ4v) is 10.9. The van der Waals surface area contributed by atoms with Crippen LogP contribution in [-0.2, 0) is 5.41 Å². The number of furan rings is 2. The van der Waals surface area contributed by atoms with E-state index in [0.29, 0.717) is 0 Å². The van der Waals surface area contributed by atoms with E-state index in [1.807, 2.05) is 12.1 Å². The second-order valence-corrected chi connectivity index (χ2v) is 19.5. The number of benzene rings is 11. The van der Waals surface area contributed by atoms with E-state index in [9.17, 15) is 0 Å². The van der Waals surface area contributed by atoms with E-state index in [1.165, 1.54) is 49.4 Å². The zero-order chi connectivity index (χ0) is 45.8. The molecule has 68 heavy (non-hydrogen) atoms. The van der Waals surface area contributed by atoms with Gasteiger partial charge in [-0.25, -0.2) is 0 Å². The smallest absolute Gasteiger partial charge is 0.159 e. The Morgan fingerprint density at radius 3 is 1.40 bits per heavy atom. The van der Waals surface area contributed by atoms with Gasteiger partial charge in [-0.1, -0.05) is 154 Å². The second kappa shape index (κ2) is 15.1. The van der Waals surface area contributed by atoms with Gasteiger partial charge in [-0.15, -0.1) is 0 Å². The van der Waals surface area contributed by atoms with Crippen molar-refractivity contribution in [2.75, 3.05) is 9.80 Å². The van der Waals surface area contributed by atoms with Gasteiger partial charge in [0.05, 0.1) is 22.7 Å². The third kappa shape index (κ3) is 6.28. The molecule has 0 aliphatic rings. The number of aryl methyl sites for hydroxylation is 2. The molecule has 0 aliphatic carbocycles. The van der Waals surface area contributed by atoms with Gasteiger partial charge in [-0.05, 0) is 130 Å². The summed E-state index contributed by atoms with van der Waals surface area (Å²) >= 11 is 0. The molecule has 0 amide bonds. The Morgan fingerprint density at radius 1 is 0.353 bits per heavy atom. The zero-order valence-electron chi connectivity index (χ0n) is 38.8. The van der Waals surface area contributed by atoms with Gasteiger partial charge in [-0.2, -0.15) is 0 Å². The first-order valence-electron chi connectivity index (χ1n) is 23.6. The summed E-state index contributed by atoms with van der Waals surface area (Å²) < 4.78 is 13.8. The maximum absolute atomic E-state index is 6.92. The number of hydrogen-bond acceptors (Lipinski definition) is 4. The highest BCUT2D eigenvalue weighted by atomic mass is 16.3. The molecule has 0 atom stereocenters. The van der Waals surface area contributed by atoms with Crippen molar-refractivity contribution in [2.24, 2.45) is 0 Å². The van der Waals surface area contributed by atoms with Crippen molar-refractivity contribution in [3.05, 3.63) is 217 Å². The van der Waals surface area contributed by atoms with Gasteiger partial charge in [0.1, 0.15) is 11.2 Å². The summed E-state index contributed by atoms with van der Waals surface area (Å²) in [6.07, 6.45) is 0. The first kappa shape index (κ1) is 40.0. The van der Waals surface area contributed by atoms with Crippen molar-refractivity contribution in [1.29, 1.82) is 0 Å². The molecule has 0 unspecified atom stereocenters. The van der Waals surface area contributed by atoms with Gasteiger partial charge in [0.2, 0.25) is 0 Å². The second-order valence-electron chi connectivity index (χ2n) is 19.5. The number of anilines is 6. The highest BCUT2D eigenvalue weighted by Gasteiger charge is 2.29. The van der Waals surface area contributed by atoms with Crippen LogP contribution in [0.5, 0.6) is 0 Å². The lowest BCUT2D eigenvalue weighted by atomic mass is 9.87. The van der Waals surface area contributed by atoms with Crippen LogP contribution in [0.4, 0.5) is 34.1 Å². The van der Waals surface area contributed by atoms with Crippen molar-refractivity contribution >= 4 is 110 Å². The molecule has 0 bridgehead atoms. The topological polar surface area (TPSA) is 32.8 Å². The minimum Gasteiger partial charge on any atom is -0.454 e. The lowest BCUT2D eigenvalue weighted by Crippen LogP contribution is -2.16. The highest BCUT2D eigenvalue weighted by Crippen LogP contribution is 2.53. The minimum absolute atomic E-state index is 0.0228. The first-order chi connectivity index (χ1) is 33.2. The van der Waals surface area contributed by atoms with E-state index in [4.69, 9.17) is 8.83 Å². The molecule has 326 valence electrons. The molecule has 11 aromatic carbocycles. The number of para-hydroxylation sites is 4. The van der Waals surface area contributed by atoms with Crippen molar-refractivity contribution < 1.29 is 8.83 Å². The largest absolute Gasteiger partial charge is 0.454 e. The Morgan fingerprint density at radius 2 is 0.853 bits per heavy atom. The number of rotatable bonds is 7. The molecule has 4 nitrogen and oxygen atoms in total. The van der Waals surface area contributed by atoms with Crippen LogP contribution in [0.3, 0.4) is 0 Å². The summed E-state index contributed by atoms with van der Waals surface area (Å²) in [5.74, 6) is 0. The summed E-state index contributed by atoms with van der Waals surface area (Å²) in [6.45, 7) is 11.2. The maximum atomic E-state index is 6.92. The molecular weight excluding hydrogens is 829 g/mol. The van der Waals surface area contributed by atoms with Gasteiger partial charge < -0.3 is 18.6 Å². The average molecular weight is 877 g/mol.